The molecule has 1 aliphatic heterocycles. The van der Waals surface area contributed by atoms with Crippen molar-refractivity contribution in [3.63, 3.8) is 0 Å². The van der Waals surface area contributed by atoms with E-state index in [1.54, 1.807) is 7.11 Å². The lowest BCUT2D eigenvalue weighted by Crippen LogP contribution is -2.35. The maximum absolute atomic E-state index is 9.96. The van der Waals surface area contributed by atoms with Crippen LogP contribution in [0.4, 0.5) is 0 Å². The van der Waals surface area contributed by atoms with Gasteiger partial charge in [0, 0.05) is 20.1 Å². The van der Waals surface area contributed by atoms with E-state index in [1.165, 1.54) is 0 Å². The van der Waals surface area contributed by atoms with Crippen LogP contribution in [0.3, 0.4) is 0 Å². The number of hydrogen-bond donors (Lipinski definition) is 2. The number of rotatable bonds is 3. The van der Waals surface area contributed by atoms with Crippen molar-refractivity contribution in [1.29, 1.82) is 0 Å². The summed E-state index contributed by atoms with van der Waals surface area (Å²) < 4.78 is 5.07. The highest BCUT2D eigenvalue weighted by Gasteiger charge is 2.22. The van der Waals surface area contributed by atoms with E-state index in [1.807, 2.05) is 0 Å². The highest BCUT2D eigenvalue weighted by Crippen LogP contribution is 2.05. The molecule has 0 aliphatic carbocycles. The number of nitrogens with one attached hydrogen (secondary N) is 2. The molecule has 1 fully saturated rings. The Hall–Kier alpha value is -0.610. The Labute approximate surface area is 59.9 Å². The minimum absolute atomic E-state index is 0.0995. The summed E-state index contributed by atoms with van der Waals surface area (Å²) in [5.41, 5.74) is 0. The summed E-state index contributed by atoms with van der Waals surface area (Å²) in [7, 11) is 1.68. The van der Waals surface area contributed by atoms with Gasteiger partial charge in [-0.15, -0.1) is 0 Å². The average Bonchev–Trinajstić information content (AvgIpc) is 2.37. The smallest absolute Gasteiger partial charge is 0.208 e. The zero-order chi connectivity index (χ0) is 7.40. The van der Waals surface area contributed by atoms with E-state index in [4.69, 9.17) is 4.74 Å². The van der Waals surface area contributed by atoms with E-state index in [-0.39, 0.29) is 12.3 Å². The monoisotopic (exact) mass is 144 g/mol. The largest absolute Gasteiger partial charge is 0.380 e. The van der Waals surface area contributed by atoms with Gasteiger partial charge in [0.25, 0.3) is 0 Å². The first-order chi connectivity index (χ1) is 4.86. The number of amides is 1. The van der Waals surface area contributed by atoms with Crippen molar-refractivity contribution in [2.45, 2.75) is 18.7 Å². The van der Waals surface area contributed by atoms with Gasteiger partial charge in [0.1, 0.15) is 0 Å². The van der Waals surface area contributed by atoms with Crippen molar-refractivity contribution in [2.24, 2.45) is 0 Å². The number of carbonyl (C=O) groups excluding carboxylic acids is 1. The first kappa shape index (κ1) is 7.50. The molecule has 0 spiro atoms. The second-order valence-electron chi connectivity index (χ2n) is 2.34. The summed E-state index contributed by atoms with van der Waals surface area (Å²) in [4.78, 5) is 9.96. The second-order valence-corrected chi connectivity index (χ2v) is 2.34. The van der Waals surface area contributed by atoms with Gasteiger partial charge in [-0.1, -0.05) is 0 Å². The van der Waals surface area contributed by atoms with Crippen LogP contribution in [0.1, 0.15) is 6.42 Å². The number of methoxy groups -OCH3 is 1. The van der Waals surface area contributed by atoms with Gasteiger partial charge in [0.15, 0.2) is 0 Å². The summed E-state index contributed by atoms with van der Waals surface area (Å²) in [5.74, 6) is 0. The van der Waals surface area contributed by atoms with Gasteiger partial charge < -0.3 is 10.1 Å². The lowest BCUT2D eigenvalue weighted by molar-refractivity contribution is -0.110. The summed E-state index contributed by atoms with van der Waals surface area (Å²) in [6.45, 7) is 0.821. The Morgan fingerprint density at radius 1 is 1.80 bits per heavy atom. The Balaban J connectivity index is 2.21. The standard InChI is InChI=1S/C6H12N2O2/c1-10-5-2-6(7-3-5)8-4-9/h4-7H,2-3H2,1H3,(H,8,9). The van der Waals surface area contributed by atoms with Gasteiger partial charge in [0.2, 0.25) is 6.41 Å². The molecule has 0 aromatic heterocycles. The van der Waals surface area contributed by atoms with Crippen LogP contribution >= 0.6 is 0 Å². The van der Waals surface area contributed by atoms with Crippen LogP contribution in [0.5, 0.6) is 0 Å². The van der Waals surface area contributed by atoms with Gasteiger partial charge in [0.05, 0.1) is 12.3 Å². The lowest BCUT2D eigenvalue weighted by atomic mass is 10.3. The Morgan fingerprint density at radius 3 is 3.10 bits per heavy atom. The third-order valence-electron chi connectivity index (χ3n) is 1.69. The van der Waals surface area contributed by atoms with Gasteiger partial charge in [-0.3, -0.25) is 10.1 Å². The molecule has 1 saturated heterocycles. The third kappa shape index (κ3) is 1.68. The molecule has 0 aromatic carbocycles. The van der Waals surface area contributed by atoms with Crippen LogP contribution in [0.25, 0.3) is 0 Å². The molecule has 2 atom stereocenters. The molecule has 0 radical (unpaired) electrons. The highest BCUT2D eigenvalue weighted by atomic mass is 16.5. The van der Waals surface area contributed by atoms with Crippen molar-refractivity contribution in [1.82, 2.24) is 10.6 Å². The number of carbonyl (C=O) groups is 1. The van der Waals surface area contributed by atoms with Crippen molar-refractivity contribution in [3.05, 3.63) is 0 Å². The summed E-state index contributed by atoms with van der Waals surface area (Å²) in [6, 6.07) is 0. The zero-order valence-electron chi connectivity index (χ0n) is 5.96. The maximum atomic E-state index is 9.96. The number of hydrogen-bond acceptors (Lipinski definition) is 3. The van der Waals surface area contributed by atoms with Crippen LogP contribution in [0, 0.1) is 0 Å². The Morgan fingerprint density at radius 2 is 2.60 bits per heavy atom. The molecular formula is C6H12N2O2. The van der Waals surface area contributed by atoms with Gasteiger partial charge >= 0.3 is 0 Å². The predicted molar refractivity (Wildman–Crippen MR) is 36.4 cm³/mol. The third-order valence-corrected chi connectivity index (χ3v) is 1.69. The maximum Gasteiger partial charge on any atom is 0.208 e. The molecule has 10 heavy (non-hydrogen) atoms. The zero-order valence-corrected chi connectivity index (χ0v) is 5.96. The molecule has 1 heterocycles. The Kier molecular flexibility index (Phi) is 2.65. The molecule has 4 nitrogen and oxygen atoms in total. The van der Waals surface area contributed by atoms with Crippen LogP contribution in [0.2, 0.25) is 0 Å². The van der Waals surface area contributed by atoms with E-state index in [0.29, 0.717) is 6.41 Å². The first-order valence-corrected chi connectivity index (χ1v) is 3.32. The number of ether oxygens (including phenoxy) is 1. The van der Waals surface area contributed by atoms with Crippen LogP contribution < -0.4 is 10.6 Å². The minimum atomic E-state index is 0.0995. The van der Waals surface area contributed by atoms with Gasteiger partial charge in [-0.05, 0) is 0 Å². The van der Waals surface area contributed by atoms with Gasteiger partial charge in [-0.2, -0.15) is 0 Å². The average molecular weight is 144 g/mol. The molecule has 4 heteroatoms. The summed E-state index contributed by atoms with van der Waals surface area (Å²) >= 11 is 0. The van der Waals surface area contributed by atoms with Crippen molar-refractivity contribution in [2.75, 3.05) is 13.7 Å². The van der Waals surface area contributed by atoms with Crippen molar-refractivity contribution < 1.29 is 9.53 Å². The topological polar surface area (TPSA) is 50.4 Å². The fraction of sp³-hybridized carbons (Fsp3) is 0.833. The van der Waals surface area contributed by atoms with E-state index >= 15 is 0 Å². The predicted octanol–water partition coefficient (Wildman–Crippen LogP) is -0.933. The molecule has 0 saturated carbocycles. The van der Waals surface area contributed by atoms with E-state index < -0.39 is 0 Å². The fourth-order valence-electron chi connectivity index (χ4n) is 1.09. The summed E-state index contributed by atoms with van der Waals surface area (Å²) in [5, 5.41) is 5.73. The van der Waals surface area contributed by atoms with Crippen LogP contribution in [-0.2, 0) is 9.53 Å². The molecule has 2 unspecified atom stereocenters. The molecule has 1 rings (SSSR count). The van der Waals surface area contributed by atoms with Crippen molar-refractivity contribution in [3.8, 4) is 0 Å². The highest BCUT2D eigenvalue weighted by molar-refractivity contribution is 5.46. The fourth-order valence-corrected chi connectivity index (χ4v) is 1.09. The normalized spacial score (nSPS) is 32.1. The van der Waals surface area contributed by atoms with E-state index in [2.05, 4.69) is 10.6 Å². The molecule has 1 amide bonds. The Bertz CT molecular complexity index is 118. The quantitative estimate of drug-likeness (QED) is 0.503. The van der Waals surface area contributed by atoms with E-state index in [9.17, 15) is 4.79 Å². The lowest BCUT2D eigenvalue weighted by Gasteiger charge is -2.06. The van der Waals surface area contributed by atoms with Crippen molar-refractivity contribution >= 4 is 6.41 Å². The minimum Gasteiger partial charge on any atom is -0.380 e. The van der Waals surface area contributed by atoms with Gasteiger partial charge in [-0.25, -0.2) is 0 Å². The molecule has 2 N–H and O–H groups in total. The van der Waals surface area contributed by atoms with E-state index in [0.717, 1.165) is 13.0 Å². The molecular weight excluding hydrogens is 132 g/mol. The molecule has 1 aliphatic rings. The van der Waals surface area contributed by atoms with Crippen LogP contribution in [-0.4, -0.2) is 32.3 Å². The SMILES string of the molecule is COC1CNC(NC=O)C1. The molecule has 0 bridgehead atoms. The van der Waals surface area contributed by atoms with Crippen LogP contribution in [0.15, 0.2) is 0 Å². The molecule has 0 aromatic rings. The second kappa shape index (κ2) is 3.53. The molecule has 58 valence electrons. The summed E-state index contributed by atoms with van der Waals surface area (Å²) in [6.07, 6.45) is 1.91. The first-order valence-electron chi connectivity index (χ1n) is 3.32.